The van der Waals surface area contributed by atoms with Gasteiger partial charge in [-0.1, -0.05) is 74.5 Å². The summed E-state index contributed by atoms with van der Waals surface area (Å²) in [6.45, 7) is 2.89. The number of phenols is 1. The molecule has 1 aromatic heterocycles. The van der Waals surface area contributed by atoms with Crippen LogP contribution in [0.5, 0.6) is 5.75 Å². The van der Waals surface area contributed by atoms with Crippen LogP contribution in [0, 0.1) is 5.92 Å². The third-order valence-electron chi connectivity index (χ3n) is 11.3. The molecule has 1 aliphatic rings. The molecule has 19 nitrogen and oxygen atoms in total. The van der Waals surface area contributed by atoms with Gasteiger partial charge in [0, 0.05) is 41.7 Å². The lowest BCUT2D eigenvalue weighted by Gasteiger charge is -2.31. The van der Waals surface area contributed by atoms with E-state index in [0.717, 1.165) is 10.9 Å². The Morgan fingerprint density at radius 3 is 2.11 bits per heavy atom. The van der Waals surface area contributed by atoms with Gasteiger partial charge in [0.05, 0.1) is 19.0 Å². The van der Waals surface area contributed by atoms with Crippen molar-refractivity contribution in [2.75, 3.05) is 19.3 Å². The lowest BCUT2D eigenvalue weighted by Crippen LogP contribution is -2.60. The van der Waals surface area contributed by atoms with Crippen molar-refractivity contribution in [1.82, 2.24) is 36.5 Å². The zero-order valence-electron chi connectivity index (χ0n) is 36.8. The summed E-state index contributed by atoms with van der Waals surface area (Å²) in [5, 5.41) is 32.5. The zero-order chi connectivity index (χ0) is 48.1. The smallest absolute Gasteiger partial charge is 0.305 e. The maximum absolute atomic E-state index is 14.7. The maximum atomic E-state index is 14.7. The topological polar surface area (TPSA) is 308 Å². The largest absolute Gasteiger partial charge is 0.508 e. The minimum atomic E-state index is -1.66. The van der Waals surface area contributed by atoms with E-state index in [-0.39, 0.29) is 31.6 Å². The molecule has 12 N–H and O–H groups in total. The Morgan fingerprint density at radius 2 is 1.45 bits per heavy atom. The fourth-order valence-corrected chi connectivity index (χ4v) is 8.64. The van der Waals surface area contributed by atoms with Gasteiger partial charge in [-0.15, -0.1) is 0 Å². The molecular formula is C46H57N9O10S. The van der Waals surface area contributed by atoms with Gasteiger partial charge in [-0.05, 0) is 59.9 Å². The normalized spacial score (nSPS) is 16.9. The molecule has 0 saturated carbocycles. The highest BCUT2D eigenvalue weighted by Gasteiger charge is 2.45. The number of thioether (sulfide) groups is 1. The lowest BCUT2D eigenvalue weighted by molar-refractivity contribution is -0.144. The molecule has 4 aromatic rings. The number of amides is 7. The second-order valence-corrected chi connectivity index (χ2v) is 17.5. The fraction of sp³-hybridized carbons (Fsp3) is 0.391. The first kappa shape index (κ1) is 50.1. The van der Waals surface area contributed by atoms with Crippen molar-refractivity contribution in [1.29, 1.82) is 0 Å². The average Bonchev–Trinajstić information content (AvgIpc) is 3.91. The number of H-pyrrole nitrogens is 1. The number of phenolic OH excluding ortho intramolecular Hbond substituents is 1. The molecule has 0 spiro atoms. The van der Waals surface area contributed by atoms with E-state index in [4.69, 9.17) is 11.5 Å². The molecule has 5 rings (SSSR count). The summed E-state index contributed by atoms with van der Waals surface area (Å²) >= 11 is 1.29. The van der Waals surface area contributed by atoms with Gasteiger partial charge in [0.25, 0.3) is 0 Å². The number of carbonyl (C=O) groups is 8. The number of carboxylic acid groups (broad SMARTS) is 1. The van der Waals surface area contributed by atoms with Crippen LogP contribution in [0.3, 0.4) is 0 Å². The Kier molecular flexibility index (Phi) is 17.7. The highest BCUT2D eigenvalue weighted by molar-refractivity contribution is 7.99. The van der Waals surface area contributed by atoms with Crippen molar-refractivity contribution in [3.63, 3.8) is 0 Å². The van der Waals surface area contributed by atoms with Gasteiger partial charge in [0.1, 0.15) is 36.0 Å². The van der Waals surface area contributed by atoms with Gasteiger partial charge < -0.3 is 58.1 Å². The first-order valence-corrected chi connectivity index (χ1v) is 22.7. The molecule has 2 heterocycles. The summed E-state index contributed by atoms with van der Waals surface area (Å²) in [5.74, 6) is -7.13. The van der Waals surface area contributed by atoms with E-state index < -0.39 is 108 Å². The molecule has 7 amide bonds. The molecule has 66 heavy (non-hydrogen) atoms. The third kappa shape index (κ3) is 13.6. The molecule has 352 valence electrons. The number of aromatic nitrogens is 1. The number of carbonyl (C=O) groups excluding carboxylic acids is 7. The van der Waals surface area contributed by atoms with Gasteiger partial charge in [-0.2, -0.15) is 11.8 Å². The Hall–Kier alpha value is -6.93. The van der Waals surface area contributed by atoms with Gasteiger partial charge in [0.15, 0.2) is 0 Å². The molecular weight excluding hydrogens is 871 g/mol. The number of primary amides is 1. The third-order valence-corrected chi connectivity index (χ3v) is 12.4. The van der Waals surface area contributed by atoms with Crippen molar-refractivity contribution in [3.8, 4) is 5.75 Å². The van der Waals surface area contributed by atoms with Gasteiger partial charge in [0.2, 0.25) is 41.4 Å². The number of hydrogen-bond acceptors (Lipinski definition) is 11. The van der Waals surface area contributed by atoms with Crippen LogP contribution in [0.15, 0.2) is 85.1 Å². The summed E-state index contributed by atoms with van der Waals surface area (Å²) in [5.41, 5.74) is 14.5. The predicted molar refractivity (Wildman–Crippen MR) is 246 cm³/mol. The van der Waals surface area contributed by atoms with Crippen molar-refractivity contribution in [2.45, 2.75) is 87.5 Å². The van der Waals surface area contributed by atoms with Crippen LogP contribution in [0.1, 0.15) is 43.4 Å². The number of nitrogens with zero attached hydrogens (tertiary/aromatic N) is 1. The average molecular weight is 928 g/mol. The van der Waals surface area contributed by atoms with E-state index in [2.05, 4.69) is 31.6 Å². The molecule has 20 heteroatoms. The second kappa shape index (κ2) is 23.3. The molecule has 3 aromatic carbocycles. The van der Waals surface area contributed by atoms with Crippen molar-refractivity contribution in [2.24, 2.45) is 17.4 Å². The highest BCUT2D eigenvalue weighted by Crippen LogP contribution is 2.29. The van der Waals surface area contributed by atoms with Crippen molar-refractivity contribution >= 4 is 70.0 Å². The number of fused-ring (bicyclic) bond motifs is 1. The molecule has 1 fully saturated rings. The minimum absolute atomic E-state index is 0.00885. The van der Waals surface area contributed by atoms with E-state index in [9.17, 15) is 48.6 Å². The van der Waals surface area contributed by atoms with E-state index >= 15 is 0 Å². The molecule has 0 aliphatic carbocycles. The zero-order valence-corrected chi connectivity index (χ0v) is 37.6. The Morgan fingerprint density at radius 1 is 0.788 bits per heavy atom. The fourth-order valence-electron chi connectivity index (χ4n) is 7.77. The number of aromatic hydroxyl groups is 1. The van der Waals surface area contributed by atoms with Gasteiger partial charge >= 0.3 is 5.97 Å². The SMILES string of the molecule is CS[C@H]1CCN(C(=O)[C@H](Cc2c[nH]c3ccccc23)NC(=O)CNC(=O)[C@H](NC(=O)[C@@H](N)Cc2ccc(O)cc2)C(C)C)[C@@H]1C(=O)N[C@@H](CC(=O)O)C(=O)N[C@@H](Cc1ccccc1)C(N)=O. The van der Waals surface area contributed by atoms with Gasteiger partial charge in [-0.3, -0.25) is 38.4 Å². The minimum Gasteiger partial charge on any atom is -0.508 e. The number of nitrogens with one attached hydrogen (secondary N) is 6. The van der Waals surface area contributed by atoms with Crippen LogP contribution >= 0.6 is 11.8 Å². The summed E-state index contributed by atoms with van der Waals surface area (Å²) in [7, 11) is 0. The predicted octanol–water partition coefficient (Wildman–Crippen LogP) is 0.233. The number of benzene rings is 3. The molecule has 1 aliphatic heterocycles. The van der Waals surface area contributed by atoms with Crippen LogP contribution in [0.4, 0.5) is 0 Å². The molecule has 0 bridgehead atoms. The van der Waals surface area contributed by atoms with Gasteiger partial charge in [-0.25, -0.2) is 0 Å². The number of aliphatic carboxylic acids is 1. The standard InChI is InChI=1S/C46H57N9O10S/c1-25(2)39(54-42(61)31(47)19-27-13-15-29(56)16-14-27)44(63)50-24-37(57)51-35(21-28-23-49-32-12-8-7-11-30(28)32)46(65)55-18-17-36(66-3)40(55)45(64)53-34(22-38(58)59)43(62)52-33(41(48)60)20-26-9-5-4-6-10-26/h4-16,23,25,31,33-36,39-40,49,56H,17-22,24,47H2,1-3H3,(H2,48,60)(H,50,63)(H,51,57)(H,52,62)(H,53,64)(H,54,61)(H,58,59)/t31-,33-,34-,35-,36-,39+,40-/m0/s1. The van der Waals surface area contributed by atoms with E-state index in [1.54, 1.807) is 68.8 Å². The van der Waals surface area contributed by atoms with Crippen molar-refractivity contribution < 1.29 is 48.6 Å². The summed E-state index contributed by atoms with van der Waals surface area (Å²) in [6, 6.07) is 14.7. The first-order valence-electron chi connectivity index (χ1n) is 21.4. The number of rotatable bonds is 22. The summed E-state index contributed by atoms with van der Waals surface area (Å²) < 4.78 is 0. The maximum Gasteiger partial charge on any atom is 0.305 e. The number of hydrogen-bond donors (Lipinski definition) is 10. The van der Waals surface area contributed by atoms with E-state index in [1.807, 2.05) is 24.3 Å². The monoisotopic (exact) mass is 927 g/mol. The molecule has 0 unspecified atom stereocenters. The van der Waals surface area contributed by atoms with Crippen molar-refractivity contribution in [3.05, 3.63) is 102 Å². The van der Waals surface area contributed by atoms with E-state index in [1.165, 1.54) is 28.8 Å². The van der Waals surface area contributed by atoms with Crippen LogP contribution in [-0.4, -0.2) is 128 Å². The Balaban J connectivity index is 1.31. The Bertz CT molecular complexity index is 2380. The second-order valence-electron chi connectivity index (χ2n) is 16.5. The number of likely N-dealkylation sites (tertiary alicyclic amines) is 1. The first-order chi connectivity index (χ1) is 31.4. The number of carboxylic acids is 1. The summed E-state index contributed by atoms with van der Waals surface area (Å²) in [4.78, 5) is 111. The number of para-hydroxylation sites is 1. The van der Waals surface area contributed by atoms with Crippen LogP contribution in [0.2, 0.25) is 0 Å². The van der Waals surface area contributed by atoms with E-state index in [0.29, 0.717) is 23.1 Å². The summed E-state index contributed by atoms with van der Waals surface area (Å²) in [6.07, 6.45) is 3.03. The number of nitrogens with two attached hydrogens (primary N) is 2. The highest BCUT2D eigenvalue weighted by atomic mass is 32.2. The van der Waals surface area contributed by atoms with Crippen LogP contribution in [-0.2, 0) is 57.6 Å². The molecule has 7 atom stereocenters. The van der Waals surface area contributed by atoms with Crippen LogP contribution in [0.25, 0.3) is 10.9 Å². The molecule has 1 saturated heterocycles. The quantitative estimate of drug-likeness (QED) is 0.0507. The van der Waals surface area contributed by atoms with Crippen LogP contribution < -0.4 is 38.1 Å². The number of aromatic amines is 1. The molecule has 0 radical (unpaired) electrons. The Labute approximate surface area is 385 Å². The lowest BCUT2D eigenvalue weighted by atomic mass is 10.0.